The zero-order chi connectivity index (χ0) is 15.3. The van der Waals surface area contributed by atoms with E-state index in [1.165, 1.54) is 22.1 Å². The van der Waals surface area contributed by atoms with Gasteiger partial charge in [0.2, 0.25) is 0 Å². The molecule has 0 unspecified atom stereocenters. The van der Waals surface area contributed by atoms with E-state index < -0.39 is 0 Å². The van der Waals surface area contributed by atoms with E-state index in [0.29, 0.717) is 0 Å². The molecule has 20 heavy (non-hydrogen) atoms. The predicted octanol–water partition coefficient (Wildman–Crippen LogP) is 4.12. The Bertz CT molecular complexity index is 597. The second-order valence-electron chi connectivity index (χ2n) is 4.43. The molecule has 0 saturated carbocycles. The highest BCUT2D eigenvalue weighted by Gasteiger charge is 2.22. The molecule has 3 nitrogen and oxygen atoms in total. The minimum absolute atomic E-state index is 0.0243. The van der Waals surface area contributed by atoms with Gasteiger partial charge in [0.1, 0.15) is 5.69 Å². The Morgan fingerprint density at radius 1 is 1.00 bits per heavy atom. The maximum atomic E-state index is 11.7. The summed E-state index contributed by atoms with van der Waals surface area (Å²) in [6.07, 6.45) is 0.922. The number of carbonyl (C=O) groups excluding carboxylic acids is 1. The number of rotatable bonds is 0. The SMILES string of the molecule is CC.CC.Cc1ccc(C)c2c3c([nH]c12)C(=O)NCC3. The van der Waals surface area contributed by atoms with Crippen molar-refractivity contribution < 1.29 is 4.79 Å². The molecule has 110 valence electrons. The van der Waals surface area contributed by atoms with Gasteiger partial charge in [-0.05, 0) is 37.0 Å². The largest absolute Gasteiger partial charge is 0.350 e. The monoisotopic (exact) mass is 274 g/mol. The Hall–Kier alpha value is -1.77. The summed E-state index contributed by atoms with van der Waals surface area (Å²) >= 11 is 0. The van der Waals surface area contributed by atoms with Crippen molar-refractivity contribution in [3.63, 3.8) is 0 Å². The van der Waals surface area contributed by atoms with E-state index in [1.807, 2.05) is 27.7 Å². The van der Waals surface area contributed by atoms with Gasteiger partial charge in [-0.2, -0.15) is 0 Å². The summed E-state index contributed by atoms with van der Waals surface area (Å²) in [4.78, 5) is 15.0. The maximum absolute atomic E-state index is 11.7. The van der Waals surface area contributed by atoms with Crippen LogP contribution in [0.5, 0.6) is 0 Å². The molecule has 2 heterocycles. The summed E-state index contributed by atoms with van der Waals surface area (Å²) < 4.78 is 0. The first-order valence-corrected chi connectivity index (χ1v) is 7.57. The number of aromatic amines is 1. The number of carbonyl (C=O) groups is 1. The minimum atomic E-state index is 0.0243. The van der Waals surface area contributed by atoms with Gasteiger partial charge < -0.3 is 10.3 Å². The first-order chi connectivity index (χ1) is 9.68. The van der Waals surface area contributed by atoms with Gasteiger partial charge in [-0.15, -0.1) is 0 Å². The molecular formula is C17H26N2O. The number of fused-ring (bicyclic) bond motifs is 3. The first-order valence-electron chi connectivity index (χ1n) is 7.57. The standard InChI is InChI=1S/C13H14N2O.2C2H6/c1-7-3-4-8(2)11-10(7)9-5-6-14-13(16)12(9)15-11;2*1-2/h3-4,15H,5-6H2,1-2H3,(H,14,16);2*1-2H3. The highest BCUT2D eigenvalue weighted by atomic mass is 16.1. The second kappa shape index (κ2) is 7.13. The van der Waals surface area contributed by atoms with Crippen molar-refractivity contribution in [3.05, 3.63) is 34.5 Å². The number of hydrogen-bond acceptors (Lipinski definition) is 1. The van der Waals surface area contributed by atoms with Crippen LogP contribution in [-0.2, 0) is 6.42 Å². The van der Waals surface area contributed by atoms with E-state index >= 15 is 0 Å². The second-order valence-corrected chi connectivity index (χ2v) is 4.43. The molecule has 2 N–H and O–H groups in total. The van der Waals surface area contributed by atoms with Crippen LogP contribution in [0.25, 0.3) is 10.9 Å². The average Bonchev–Trinajstić information content (AvgIpc) is 2.90. The van der Waals surface area contributed by atoms with Crippen LogP contribution in [0.1, 0.15) is 54.9 Å². The summed E-state index contributed by atoms with van der Waals surface area (Å²) in [5.41, 5.74) is 5.48. The Balaban J connectivity index is 0.000000461. The lowest BCUT2D eigenvalue weighted by Gasteiger charge is -2.12. The quantitative estimate of drug-likeness (QED) is 0.745. The molecule has 1 aliphatic heterocycles. The van der Waals surface area contributed by atoms with Gasteiger partial charge in [-0.1, -0.05) is 39.8 Å². The van der Waals surface area contributed by atoms with Crippen LogP contribution in [0.15, 0.2) is 12.1 Å². The zero-order valence-corrected chi connectivity index (χ0v) is 13.5. The van der Waals surface area contributed by atoms with Gasteiger partial charge in [0, 0.05) is 17.4 Å². The normalized spacial score (nSPS) is 12.6. The third-order valence-corrected chi connectivity index (χ3v) is 3.36. The summed E-state index contributed by atoms with van der Waals surface area (Å²) in [7, 11) is 0. The van der Waals surface area contributed by atoms with Crippen LogP contribution in [0.4, 0.5) is 0 Å². The molecule has 0 radical (unpaired) electrons. The number of aromatic nitrogens is 1. The molecule has 0 saturated heterocycles. The molecule has 1 amide bonds. The lowest BCUT2D eigenvalue weighted by Crippen LogP contribution is -2.31. The van der Waals surface area contributed by atoms with Crippen LogP contribution >= 0.6 is 0 Å². The fourth-order valence-corrected chi connectivity index (χ4v) is 2.52. The van der Waals surface area contributed by atoms with Crippen LogP contribution in [-0.4, -0.2) is 17.4 Å². The average molecular weight is 274 g/mol. The number of benzene rings is 1. The van der Waals surface area contributed by atoms with Crippen molar-refractivity contribution in [1.29, 1.82) is 0 Å². The third kappa shape index (κ3) is 2.72. The molecule has 0 fully saturated rings. The lowest BCUT2D eigenvalue weighted by atomic mass is 9.99. The van der Waals surface area contributed by atoms with Crippen molar-refractivity contribution >= 4 is 16.8 Å². The predicted molar refractivity (Wildman–Crippen MR) is 86.5 cm³/mol. The number of amides is 1. The summed E-state index contributed by atoms with van der Waals surface area (Å²) in [5, 5.41) is 4.11. The molecule has 2 aromatic rings. The van der Waals surface area contributed by atoms with Gasteiger partial charge in [0.15, 0.2) is 0 Å². The highest BCUT2D eigenvalue weighted by Crippen LogP contribution is 2.29. The van der Waals surface area contributed by atoms with Crippen LogP contribution in [0.3, 0.4) is 0 Å². The molecule has 1 aromatic heterocycles. The third-order valence-electron chi connectivity index (χ3n) is 3.36. The Kier molecular flexibility index (Phi) is 5.81. The summed E-state index contributed by atoms with van der Waals surface area (Å²) in [5.74, 6) is 0.0243. The molecule has 0 aliphatic carbocycles. The fourth-order valence-electron chi connectivity index (χ4n) is 2.52. The first kappa shape index (κ1) is 16.3. The number of H-pyrrole nitrogens is 1. The van der Waals surface area contributed by atoms with E-state index in [0.717, 1.165) is 24.2 Å². The molecule has 0 bridgehead atoms. The molecule has 1 aromatic carbocycles. The maximum Gasteiger partial charge on any atom is 0.268 e. The Labute approximate surface area is 121 Å². The topological polar surface area (TPSA) is 44.9 Å². The Morgan fingerprint density at radius 2 is 1.60 bits per heavy atom. The van der Waals surface area contributed by atoms with Crippen molar-refractivity contribution in [2.45, 2.75) is 48.0 Å². The van der Waals surface area contributed by atoms with Gasteiger partial charge in [0.05, 0.1) is 0 Å². The van der Waals surface area contributed by atoms with Crippen LogP contribution in [0.2, 0.25) is 0 Å². The van der Waals surface area contributed by atoms with Crippen molar-refractivity contribution in [2.75, 3.05) is 6.54 Å². The van der Waals surface area contributed by atoms with Crippen LogP contribution < -0.4 is 5.32 Å². The molecule has 3 heteroatoms. The smallest absolute Gasteiger partial charge is 0.268 e. The lowest BCUT2D eigenvalue weighted by molar-refractivity contribution is 0.0942. The zero-order valence-electron chi connectivity index (χ0n) is 13.5. The van der Waals surface area contributed by atoms with E-state index in [9.17, 15) is 4.79 Å². The highest BCUT2D eigenvalue weighted by molar-refractivity contribution is 6.03. The number of aryl methyl sites for hydroxylation is 2. The van der Waals surface area contributed by atoms with Crippen molar-refractivity contribution in [2.24, 2.45) is 0 Å². The molecular weight excluding hydrogens is 248 g/mol. The van der Waals surface area contributed by atoms with Gasteiger partial charge >= 0.3 is 0 Å². The van der Waals surface area contributed by atoms with Gasteiger partial charge in [-0.25, -0.2) is 0 Å². The molecule has 1 aliphatic rings. The summed E-state index contributed by atoms with van der Waals surface area (Å²) in [6.45, 7) is 12.9. The number of nitrogens with one attached hydrogen (secondary N) is 2. The molecule has 0 atom stereocenters. The van der Waals surface area contributed by atoms with Gasteiger partial charge in [-0.3, -0.25) is 4.79 Å². The van der Waals surface area contributed by atoms with E-state index in [-0.39, 0.29) is 5.91 Å². The van der Waals surface area contributed by atoms with E-state index in [2.05, 4.69) is 36.3 Å². The Morgan fingerprint density at radius 3 is 2.25 bits per heavy atom. The van der Waals surface area contributed by atoms with E-state index in [4.69, 9.17) is 0 Å². The van der Waals surface area contributed by atoms with Crippen molar-refractivity contribution in [3.8, 4) is 0 Å². The van der Waals surface area contributed by atoms with Gasteiger partial charge in [0.25, 0.3) is 5.91 Å². The minimum Gasteiger partial charge on any atom is -0.350 e. The fraction of sp³-hybridized carbons (Fsp3) is 0.471. The molecule has 0 spiro atoms. The summed E-state index contributed by atoms with van der Waals surface area (Å²) in [6, 6.07) is 4.22. The number of hydrogen-bond donors (Lipinski definition) is 2. The molecule has 3 rings (SSSR count). The van der Waals surface area contributed by atoms with E-state index in [1.54, 1.807) is 0 Å². The van der Waals surface area contributed by atoms with Crippen LogP contribution in [0, 0.1) is 13.8 Å². The van der Waals surface area contributed by atoms with Crippen molar-refractivity contribution in [1.82, 2.24) is 10.3 Å².